The zero-order valence-corrected chi connectivity index (χ0v) is 18.0. The zero-order valence-electron chi connectivity index (χ0n) is 17.2. The third-order valence-corrected chi connectivity index (χ3v) is 6.68. The van der Waals surface area contributed by atoms with Gasteiger partial charge in [-0.1, -0.05) is 11.8 Å². The highest BCUT2D eigenvalue weighted by Gasteiger charge is 2.34. The van der Waals surface area contributed by atoms with Gasteiger partial charge in [0.1, 0.15) is 11.1 Å². The molecule has 2 aromatic rings. The second-order valence-electron chi connectivity index (χ2n) is 7.61. The maximum atomic E-state index is 6.27. The SMILES string of the molecule is COc1nccc(C)c1C1SC(N)=CN1c1cnn(C)c1N1CCC[C@H](N)CC1. The van der Waals surface area contributed by atoms with Gasteiger partial charge in [0, 0.05) is 38.6 Å². The molecule has 2 aliphatic heterocycles. The molecule has 0 spiro atoms. The van der Waals surface area contributed by atoms with Gasteiger partial charge in [0.2, 0.25) is 5.88 Å². The molecule has 9 heteroatoms. The Labute approximate surface area is 175 Å². The van der Waals surface area contributed by atoms with Crippen molar-refractivity contribution in [3.63, 3.8) is 0 Å². The monoisotopic (exact) mass is 415 g/mol. The minimum atomic E-state index is -0.0594. The average Bonchev–Trinajstić information content (AvgIpc) is 3.18. The van der Waals surface area contributed by atoms with Gasteiger partial charge in [-0.2, -0.15) is 5.10 Å². The molecule has 4 N–H and O–H groups in total. The van der Waals surface area contributed by atoms with Gasteiger partial charge in [0.15, 0.2) is 5.82 Å². The molecule has 1 unspecified atom stereocenters. The number of nitrogens with zero attached hydrogens (tertiary/aromatic N) is 5. The smallest absolute Gasteiger partial charge is 0.219 e. The Kier molecular flexibility index (Phi) is 5.60. The third kappa shape index (κ3) is 3.76. The van der Waals surface area contributed by atoms with Crippen LogP contribution >= 0.6 is 11.8 Å². The normalized spacial score (nSPS) is 22.6. The number of anilines is 2. The van der Waals surface area contributed by atoms with Gasteiger partial charge in [0.05, 0.1) is 23.9 Å². The van der Waals surface area contributed by atoms with Crippen molar-refractivity contribution in [2.45, 2.75) is 37.6 Å². The van der Waals surface area contributed by atoms with Crippen molar-refractivity contribution >= 4 is 23.3 Å². The fourth-order valence-electron chi connectivity index (χ4n) is 4.12. The molecule has 2 aliphatic rings. The quantitative estimate of drug-likeness (QED) is 0.786. The lowest BCUT2D eigenvalue weighted by Crippen LogP contribution is -2.30. The molecule has 8 nitrogen and oxygen atoms in total. The van der Waals surface area contributed by atoms with Gasteiger partial charge in [-0.3, -0.25) is 4.68 Å². The van der Waals surface area contributed by atoms with Crippen LogP contribution in [-0.4, -0.2) is 41.0 Å². The number of nitrogens with two attached hydrogens (primary N) is 2. The minimum Gasteiger partial charge on any atom is -0.481 e. The molecule has 0 radical (unpaired) electrons. The lowest BCUT2D eigenvalue weighted by Gasteiger charge is -2.30. The summed E-state index contributed by atoms with van der Waals surface area (Å²) in [6.07, 6.45) is 8.80. The fourth-order valence-corrected chi connectivity index (χ4v) is 5.25. The number of rotatable bonds is 4. The van der Waals surface area contributed by atoms with Crippen LogP contribution in [0, 0.1) is 6.92 Å². The molecule has 0 aromatic carbocycles. The highest BCUT2D eigenvalue weighted by molar-refractivity contribution is 8.03. The molecule has 4 heterocycles. The van der Waals surface area contributed by atoms with Crippen LogP contribution < -0.4 is 26.0 Å². The van der Waals surface area contributed by atoms with Crippen LogP contribution in [0.25, 0.3) is 0 Å². The summed E-state index contributed by atoms with van der Waals surface area (Å²) in [4.78, 5) is 9.01. The molecular formula is C20H29N7OS. The molecule has 0 aliphatic carbocycles. The van der Waals surface area contributed by atoms with Crippen molar-refractivity contribution in [2.24, 2.45) is 18.5 Å². The molecule has 0 amide bonds. The van der Waals surface area contributed by atoms with E-state index < -0.39 is 0 Å². The van der Waals surface area contributed by atoms with Gasteiger partial charge >= 0.3 is 0 Å². The van der Waals surface area contributed by atoms with E-state index in [2.05, 4.69) is 26.8 Å². The number of pyridine rings is 1. The van der Waals surface area contributed by atoms with Crippen molar-refractivity contribution in [1.29, 1.82) is 0 Å². The minimum absolute atomic E-state index is 0.0594. The standard InChI is InChI=1S/C20H29N7OS/c1-13-6-8-23-18(28-3)17(13)20-27(12-16(22)29-20)15-11-24-25(2)19(15)26-9-4-5-14(21)7-10-26/h6,8,11-12,14,20H,4-5,7,9-10,21-22H2,1-3H3/t14-,20?/m0/s1. The Morgan fingerprint density at radius 3 is 2.90 bits per heavy atom. The maximum Gasteiger partial charge on any atom is 0.219 e. The molecule has 2 aromatic heterocycles. The molecular weight excluding hydrogens is 386 g/mol. The van der Waals surface area contributed by atoms with Gasteiger partial charge in [-0.15, -0.1) is 0 Å². The molecule has 29 heavy (non-hydrogen) atoms. The Morgan fingerprint density at radius 1 is 1.28 bits per heavy atom. The Morgan fingerprint density at radius 2 is 2.10 bits per heavy atom. The second-order valence-corrected chi connectivity index (χ2v) is 8.77. The van der Waals surface area contributed by atoms with E-state index in [9.17, 15) is 0 Å². The number of aromatic nitrogens is 3. The van der Waals surface area contributed by atoms with Crippen molar-refractivity contribution in [3.8, 4) is 5.88 Å². The fraction of sp³-hybridized carbons (Fsp3) is 0.500. The van der Waals surface area contributed by atoms with Crippen LogP contribution in [0.5, 0.6) is 5.88 Å². The van der Waals surface area contributed by atoms with E-state index in [1.807, 2.05) is 30.2 Å². The Balaban J connectivity index is 1.74. The number of ether oxygens (including phenoxy) is 1. The van der Waals surface area contributed by atoms with Crippen molar-refractivity contribution in [3.05, 3.63) is 40.8 Å². The summed E-state index contributed by atoms with van der Waals surface area (Å²) in [6.45, 7) is 3.97. The van der Waals surface area contributed by atoms with Crippen molar-refractivity contribution in [2.75, 3.05) is 30.0 Å². The molecule has 4 rings (SSSR count). The van der Waals surface area contributed by atoms with E-state index >= 15 is 0 Å². The average molecular weight is 416 g/mol. The van der Waals surface area contributed by atoms with Crippen LogP contribution in [0.15, 0.2) is 29.7 Å². The zero-order chi connectivity index (χ0) is 20.5. The molecule has 0 saturated carbocycles. The van der Waals surface area contributed by atoms with E-state index in [4.69, 9.17) is 16.2 Å². The highest BCUT2D eigenvalue weighted by Crippen LogP contribution is 2.49. The largest absolute Gasteiger partial charge is 0.481 e. The van der Waals surface area contributed by atoms with E-state index in [1.165, 1.54) is 0 Å². The molecule has 156 valence electrons. The predicted molar refractivity (Wildman–Crippen MR) is 118 cm³/mol. The van der Waals surface area contributed by atoms with Crippen LogP contribution in [0.2, 0.25) is 0 Å². The van der Waals surface area contributed by atoms with E-state index in [1.54, 1.807) is 25.1 Å². The summed E-state index contributed by atoms with van der Waals surface area (Å²) >= 11 is 1.60. The van der Waals surface area contributed by atoms with Crippen molar-refractivity contribution in [1.82, 2.24) is 14.8 Å². The summed E-state index contributed by atoms with van der Waals surface area (Å²) in [5.74, 6) is 1.72. The van der Waals surface area contributed by atoms with Gasteiger partial charge < -0.3 is 26.0 Å². The first-order valence-corrected chi connectivity index (χ1v) is 10.8. The topological polar surface area (TPSA) is 98.5 Å². The molecule has 0 bridgehead atoms. The summed E-state index contributed by atoms with van der Waals surface area (Å²) in [5.41, 5.74) is 15.7. The summed E-state index contributed by atoms with van der Waals surface area (Å²) in [6, 6.07) is 2.27. The van der Waals surface area contributed by atoms with E-state index in [0.29, 0.717) is 5.88 Å². The lowest BCUT2D eigenvalue weighted by atomic mass is 10.1. The van der Waals surface area contributed by atoms with Crippen LogP contribution in [0.1, 0.15) is 35.8 Å². The number of aryl methyl sites for hydroxylation is 2. The summed E-state index contributed by atoms with van der Waals surface area (Å²) < 4.78 is 7.53. The number of hydrogen-bond acceptors (Lipinski definition) is 8. The second kappa shape index (κ2) is 8.16. The summed E-state index contributed by atoms with van der Waals surface area (Å²) in [7, 11) is 3.65. The van der Waals surface area contributed by atoms with Crippen LogP contribution in [0.3, 0.4) is 0 Å². The van der Waals surface area contributed by atoms with Gasteiger partial charge in [0.25, 0.3) is 0 Å². The predicted octanol–water partition coefficient (Wildman–Crippen LogP) is 2.46. The molecule has 1 saturated heterocycles. The first-order chi connectivity index (χ1) is 14.0. The highest BCUT2D eigenvalue weighted by atomic mass is 32.2. The first kappa shape index (κ1) is 19.9. The maximum absolute atomic E-state index is 6.27. The van der Waals surface area contributed by atoms with Crippen molar-refractivity contribution < 1.29 is 4.74 Å². The molecule has 1 fully saturated rings. The summed E-state index contributed by atoms with van der Waals surface area (Å²) in [5, 5.41) is 5.28. The van der Waals surface area contributed by atoms with E-state index in [-0.39, 0.29) is 11.4 Å². The van der Waals surface area contributed by atoms with E-state index in [0.717, 1.165) is 60.0 Å². The Hall–Kier alpha value is -2.39. The van der Waals surface area contributed by atoms with Crippen LogP contribution in [-0.2, 0) is 7.05 Å². The first-order valence-electron chi connectivity index (χ1n) is 9.94. The molecule has 2 atom stereocenters. The van der Waals surface area contributed by atoms with Crippen LogP contribution in [0.4, 0.5) is 11.5 Å². The Bertz CT molecular complexity index is 912. The third-order valence-electron chi connectivity index (χ3n) is 5.62. The lowest BCUT2D eigenvalue weighted by molar-refractivity contribution is 0.391. The number of thioether (sulfide) groups is 1. The van der Waals surface area contributed by atoms with Gasteiger partial charge in [-0.05, 0) is 37.8 Å². The number of methoxy groups -OCH3 is 1. The number of hydrogen-bond donors (Lipinski definition) is 2. The van der Waals surface area contributed by atoms with Gasteiger partial charge in [-0.25, -0.2) is 4.98 Å².